The van der Waals surface area contributed by atoms with Crippen molar-refractivity contribution < 1.29 is 28.8 Å². The number of rotatable bonds is 22. The van der Waals surface area contributed by atoms with Gasteiger partial charge in [-0.3, -0.25) is 0 Å². The van der Waals surface area contributed by atoms with Crippen molar-refractivity contribution in [1.82, 2.24) is 0 Å². The van der Waals surface area contributed by atoms with Crippen molar-refractivity contribution in [2.45, 2.75) is 136 Å². The molecule has 3 rings (SSSR count). The molecule has 0 radical (unpaired) electrons. The molecule has 2 aromatic rings. The summed E-state index contributed by atoms with van der Waals surface area (Å²) in [4.78, 5) is 0. The second-order valence-electron chi connectivity index (χ2n) is 12.1. The summed E-state index contributed by atoms with van der Waals surface area (Å²) in [6.45, 7) is 13.8. The monoisotopic (exact) mass is 612 g/mol. The Bertz CT molecular complexity index is 1020. The van der Waals surface area contributed by atoms with Gasteiger partial charge in [-0.25, -0.2) is 0 Å². The molecule has 1 aliphatic rings. The number of hydrogen-bond acceptors (Lipinski definition) is 6. The largest absolute Gasteiger partial charge is 0.392 e. The highest BCUT2D eigenvalue weighted by molar-refractivity contribution is 5.38. The molecule has 0 bridgehead atoms. The van der Waals surface area contributed by atoms with E-state index in [2.05, 4.69) is 71.0 Å². The summed E-state index contributed by atoms with van der Waals surface area (Å²) in [6.07, 6.45) is 8.23. The van der Waals surface area contributed by atoms with E-state index in [-0.39, 0.29) is 31.0 Å². The maximum Gasteiger partial charge on any atom is 0.117 e. The molecule has 2 aromatic carbocycles. The van der Waals surface area contributed by atoms with E-state index in [0.29, 0.717) is 33.0 Å². The summed E-state index contributed by atoms with van der Waals surface area (Å²) in [7, 11) is 0. The highest BCUT2D eigenvalue weighted by Crippen LogP contribution is 2.39. The van der Waals surface area contributed by atoms with E-state index in [4.69, 9.17) is 23.7 Å². The minimum atomic E-state index is -0.422. The number of hydrogen-bond donors (Lipinski definition) is 1. The maximum absolute atomic E-state index is 10.5. The summed E-state index contributed by atoms with van der Waals surface area (Å²) in [5, 5.41) is 10.5. The minimum Gasteiger partial charge on any atom is -0.392 e. The Labute approximate surface area is 267 Å². The molecule has 5 atom stereocenters. The molecule has 248 valence electrons. The van der Waals surface area contributed by atoms with E-state index >= 15 is 0 Å². The SMILES string of the molecule is CCCCOC[C@H]1O[C@@H](c2cc(Cc3ccc(CC)cc3)ccc2CO)[C@H](OCCCC)[C@@H](OCCCC)[C@@H]1OCCCC. The highest BCUT2D eigenvalue weighted by Gasteiger charge is 2.49. The van der Waals surface area contributed by atoms with Crippen LogP contribution in [0.25, 0.3) is 0 Å². The lowest BCUT2D eigenvalue weighted by atomic mass is 9.87. The quantitative estimate of drug-likeness (QED) is 0.135. The van der Waals surface area contributed by atoms with Crippen molar-refractivity contribution in [3.63, 3.8) is 0 Å². The van der Waals surface area contributed by atoms with Crippen LogP contribution in [0.15, 0.2) is 42.5 Å². The molecule has 1 fully saturated rings. The van der Waals surface area contributed by atoms with E-state index in [1.165, 1.54) is 16.7 Å². The summed E-state index contributed by atoms with van der Waals surface area (Å²) in [6, 6.07) is 15.2. The van der Waals surface area contributed by atoms with Crippen molar-refractivity contribution in [2.24, 2.45) is 0 Å². The molecule has 1 N–H and O–H groups in total. The smallest absolute Gasteiger partial charge is 0.117 e. The number of aliphatic hydroxyl groups is 1. The van der Waals surface area contributed by atoms with E-state index < -0.39 is 6.10 Å². The van der Waals surface area contributed by atoms with Crippen LogP contribution in [0.2, 0.25) is 0 Å². The van der Waals surface area contributed by atoms with Crippen LogP contribution in [0, 0.1) is 0 Å². The van der Waals surface area contributed by atoms with Crippen LogP contribution in [0.1, 0.15) is 120 Å². The van der Waals surface area contributed by atoms with Crippen LogP contribution in [-0.4, -0.2) is 62.6 Å². The van der Waals surface area contributed by atoms with E-state index in [1.807, 2.05) is 6.07 Å². The maximum atomic E-state index is 10.5. The Balaban J connectivity index is 2.02. The van der Waals surface area contributed by atoms with Gasteiger partial charge in [0, 0.05) is 26.4 Å². The van der Waals surface area contributed by atoms with Gasteiger partial charge in [-0.05, 0) is 66.3 Å². The molecule has 0 aromatic heterocycles. The van der Waals surface area contributed by atoms with Crippen molar-refractivity contribution in [1.29, 1.82) is 0 Å². The Morgan fingerprint density at radius 2 is 1.18 bits per heavy atom. The fraction of sp³-hybridized carbons (Fsp3) is 0.684. The lowest BCUT2D eigenvalue weighted by Crippen LogP contribution is -2.58. The number of aryl methyl sites for hydroxylation is 1. The molecule has 6 heteroatoms. The van der Waals surface area contributed by atoms with Crippen molar-refractivity contribution >= 4 is 0 Å². The van der Waals surface area contributed by atoms with Crippen LogP contribution in [0.3, 0.4) is 0 Å². The molecular weight excluding hydrogens is 552 g/mol. The molecule has 1 saturated heterocycles. The first-order chi connectivity index (χ1) is 21.6. The first-order valence-electron chi connectivity index (χ1n) is 17.5. The van der Waals surface area contributed by atoms with Gasteiger partial charge < -0.3 is 28.8 Å². The fourth-order valence-electron chi connectivity index (χ4n) is 5.70. The van der Waals surface area contributed by atoms with E-state index in [1.54, 1.807) is 0 Å². The Morgan fingerprint density at radius 1 is 0.636 bits per heavy atom. The molecule has 1 aliphatic heterocycles. The standard InChI is InChI=1S/C38H60O6/c1-6-11-21-40-28-34-36(41-22-12-7-2)38(43-24-14-9-4)37(42-23-13-8-3)35(44-34)33-26-31(19-20-32(33)27-39)25-30-17-15-29(10-5)16-18-30/h15-20,26,34-39H,6-14,21-25,27-28H2,1-5H3/t34-,35+,36-,37+,38+/m1/s1. The summed E-state index contributed by atoms with van der Waals surface area (Å²) < 4.78 is 33.1. The van der Waals surface area contributed by atoms with Crippen molar-refractivity contribution in [2.75, 3.05) is 33.0 Å². The van der Waals surface area contributed by atoms with Gasteiger partial charge in [0.2, 0.25) is 0 Å². The topological polar surface area (TPSA) is 66.4 Å². The molecule has 0 saturated carbocycles. The van der Waals surface area contributed by atoms with Crippen LogP contribution in [0.4, 0.5) is 0 Å². The van der Waals surface area contributed by atoms with Gasteiger partial charge in [-0.2, -0.15) is 0 Å². The van der Waals surface area contributed by atoms with Gasteiger partial charge in [0.25, 0.3) is 0 Å². The first-order valence-corrected chi connectivity index (χ1v) is 17.5. The second kappa shape index (κ2) is 21.1. The minimum absolute atomic E-state index is 0.0716. The molecule has 0 amide bonds. The van der Waals surface area contributed by atoms with Crippen LogP contribution < -0.4 is 0 Å². The Hall–Kier alpha value is -1.80. The fourth-order valence-corrected chi connectivity index (χ4v) is 5.70. The highest BCUT2D eigenvalue weighted by atomic mass is 16.6. The molecule has 44 heavy (non-hydrogen) atoms. The lowest BCUT2D eigenvalue weighted by Gasteiger charge is -2.47. The zero-order valence-corrected chi connectivity index (χ0v) is 28.2. The third-order valence-corrected chi connectivity index (χ3v) is 8.51. The van der Waals surface area contributed by atoms with Gasteiger partial charge >= 0.3 is 0 Å². The van der Waals surface area contributed by atoms with Crippen LogP contribution in [0.5, 0.6) is 0 Å². The molecule has 6 nitrogen and oxygen atoms in total. The number of benzene rings is 2. The molecule has 0 aliphatic carbocycles. The number of aliphatic hydroxyl groups excluding tert-OH is 1. The molecule has 0 unspecified atom stereocenters. The average Bonchev–Trinajstić information content (AvgIpc) is 3.05. The normalized spacial score (nSPS) is 22.0. The van der Waals surface area contributed by atoms with Gasteiger partial charge in [-0.15, -0.1) is 0 Å². The van der Waals surface area contributed by atoms with Crippen LogP contribution >= 0.6 is 0 Å². The molecular formula is C38H60O6. The van der Waals surface area contributed by atoms with Gasteiger partial charge in [0.1, 0.15) is 30.5 Å². The number of ether oxygens (including phenoxy) is 5. The third kappa shape index (κ3) is 11.2. The molecule has 0 spiro atoms. The number of unbranched alkanes of at least 4 members (excludes halogenated alkanes) is 4. The van der Waals surface area contributed by atoms with E-state index in [0.717, 1.165) is 75.3 Å². The zero-order chi connectivity index (χ0) is 31.6. The van der Waals surface area contributed by atoms with Crippen molar-refractivity contribution in [3.05, 3.63) is 70.3 Å². The molecule has 1 heterocycles. The lowest BCUT2D eigenvalue weighted by molar-refractivity contribution is -0.268. The predicted octanol–water partition coefficient (Wildman–Crippen LogP) is 8.14. The summed E-state index contributed by atoms with van der Waals surface area (Å²) in [5.41, 5.74) is 5.60. The van der Waals surface area contributed by atoms with E-state index in [9.17, 15) is 5.11 Å². The Morgan fingerprint density at radius 3 is 1.77 bits per heavy atom. The average molecular weight is 613 g/mol. The van der Waals surface area contributed by atoms with Crippen LogP contribution in [-0.2, 0) is 43.1 Å². The van der Waals surface area contributed by atoms with Crippen molar-refractivity contribution in [3.8, 4) is 0 Å². The van der Waals surface area contributed by atoms with Gasteiger partial charge in [0.15, 0.2) is 0 Å². The summed E-state index contributed by atoms with van der Waals surface area (Å²) >= 11 is 0. The predicted molar refractivity (Wildman–Crippen MR) is 178 cm³/mol. The zero-order valence-electron chi connectivity index (χ0n) is 28.2. The first kappa shape index (κ1) is 36.7. The summed E-state index contributed by atoms with van der Waals surface area (Å²) in [5.74, 6) is 0. The second-order valence-corrected chi connectivity index (χ2v) is 12.1. The Kier molecular flexibility index (Phi) is 17.6. The van der Waals surface area contributed by atoms with Gasteiger partial charge in [-0.1, -0.05) is 103 Å². The van der Waals surface area contributed by atoms with Gasteiger partial charge in [0.05, 0.1) is 13.2 Å². The third-order valence-electron chi connectivity index (χ3n) is 8.51.